The minimum Gasteiger partial charge on any atom is -0.285 e. The molecule has 0 bridgehead atoms. The van der Waals surface area contributed by atoms with Crippen LogP contribution in [0.3, 0.4) is 0 Å². The first-order valence-corrected chi connectivity index (χ1v) is 14.2. The van der Waals surface area contributed by atoms with Crippen molar-refractivity contribution < 1.29 is 0 Å². The number of rotatable bonds is 5. The van der Waals surface area contributed by atoms with Gasteiger partial charge in [-0.1, -0.05) is 118 Å². The molecule has 2 aliphatic rings. The number of hydrogen-bond acceptors (Lipinski definition) is 4. The van der Waals surface area contributed by atoms with E-state index in [1.165, 1.54) is 0 Å². The van der Waals surface area contributed by atoms with E-state index in [1.54, 1.807) is 0 Å². The van der Waals surface area contributed by atoms with Crippen LogP contribution in [-0.2, 0) is 5.66 Å². The molecule has 0 N–H and O–H groups in total. The molecule has 194 valence electrons. The first-order valence-electron chi connectivity index (χ1n) is 13.0. The standard InChI is InChI=1S/C33H24BrN5S/c34-27-21-23-28(24-22-27)36-32(40)37(29-17-9-3-10-18-29)39-33(36,26-15-7-2-8-16-26)31(25-13-5-1-6-14-25)35-38(39)30-19-11-4-12-20-30/h1-24H. The van der Waals surface area contributed by atoms with Gasteiger partial charge in [0.05, 0.1) is 11.4 Å². The van der Waals surface area contributed by atoms with Crippen molar-refractivity contribution in [3.8, 4) is 0 Å². The van der Waals surface area contributed by atoms with Crippen molar-refractivity contribution in [2.45, 2.75) is 5.66 Å². The topological polar surface area (TPSA) is 25.3 Å². The van der Waals surface area contributed by atoms with Crippen molar-refractivity contribution in [1.29, 1.82) is 0 Å². The molecule has 2 heterocycles. The van der Waals surface area contributed by atoms with Crippen molar-refractivity contribution >= 4 is 56.0 Å². The molecule has 0 saturated carbocycles. The zero-order valence-corrected chi connectivity index (χ0v) is 23.8. The lowest BCUT2D eigenvalue weighted by atomic mass is 9.88. The predicted molar refractivity (Wildman–Crippen MR) is 170 cm³/mol. The smallest absolute Gasteiger partial charge is 0.211 e. The molecule has 5 aromatic rings. The molecular weight excluding hydrogens is 578 g/mol. The second-order valence-corrected chi connectivity index (χ2v) is 10.8. The van der Waals surface area contributed by atoms with Gasteiger partial charge in [-0.05, 0) is 60.7 Å². The van der Waals surface area contributed by atoms with Crippen LogP contribution in [-0.4, -0.2) is 15.9 Å². The molecule has 7 rings (SSSR count). The molecule has 0 aromatic heterocycles. The largest absolute Gasteiger partial charge is 0.285 e. The van der Waals surface area contributed by atoms with E-state index in [0.717, 1.165) is 38.4 Å². The second-order valence-electron chi connectivity index (χ2n) is 9.51. The van der Waals surface area contributed by atoms with Crippen LogP contribution in [0.1, 0.15) is 11.1 Å². The summed E-state index contributed by atoms with van der Waals surface area (Å²) in [6.07, 6.45) is 0. The summed E-state index contributed by atoms with van der Waals surface area (Å²) >= 11 is 10.0. The van der Waals surface area contributed by atoms with Gasteiger partial charge in [-0.15, -0.1) is 0 Å². The Kier molecular flexibility index (Phi) is 6.20. The Labute approximate surface area is 247 Å². The number of benzene rings is 5. The van der Waals surface area contributed by atoms with Gasteiger partial charge in [-0.25, -0.2) is 5.01 Å². The predicted octanol–water partition coefficient (Wildman–Crippen LogP) is 7.97. The zero-order valence-electron chi connectivity index (χ0n) is 21.4. The van der Waals surface area contributed by atoms with Crippen LogP contribution in [0.25, 0.3) is 0 Å². The van der Waals surface area contributed by atoms with Gasteiger partial charge >= 0.3 is 0 Å². The van der Waals surface area contributed by atoms with Gasteiger partial charge in [0.15, 0.2) is 5.11 Å². The fourth-order valence-electron chi connectivity index (χ4n) is 5.49. The number of hydrogen-bond donors (Lipinski definition) is 0. The van der Waals surface area contributed by atoms with Crippen LogP contribution < -0.4 is 15.0 Å². The van der Waals surface area contributed by atoms with E-state index in [2.05, 4.69) is 128 Å². The molecule has 1 saturated heterocycles. The fourth-order valence-corrected chi connectivity index (χ4v) is 6.17. The summed E-state index contributed by atoms with van der Waals surface area (Å²) in [5, 5.41) is 12.3. The zero-order chi connectivity index (χ0) is 27.1. The van der Waals surface area contributed by atoms with E-state index < -0.39 is 5.66 Å². The molecule has 40 heavy (non-hydrogen) atoms. The summed E-state index contributed by atoms with van der Waals surface area (Å²) in [5.74, 6) is 0. The summed E-state index contributed by atoms with van der Waals surface area (Å²) in [4.78, 5) is 2.23. The molecule has 1 fully saturated rings. The lowest BCUT2D eigenvalue weighted by Crippen LogP contribution is -2.58. The monoisotopic (exact) mass is 601 g/mol. The molecular formula is C33H24BrN5S. The van der Waals surface area contributed by atoms with E-state index in [-0.39, 0.29) is 0 Å². The summed E-state index contributed by atoms with van der Waals surface area (Å²) in [6.45, 7) is 0. The Balaban J connectivity index is 1.60. The van der Waals surface area contributed by atoms with E-state index in [0.29, 0.717) is 5.11 Å². The van der Waals surface area contributed by atoms with Crippen molar-refractivity contribution in [1.82, 2.24) is 5.12 Å². The third-order valence-corrected chi connectivity index (χ3v) is 8.06. The Bertz CT molecular complexity index is 1680. The van der Waals surface area contributed by atoms with Crippen LogP contribution in [0.5, 0.6) is 0 Å². The van der Waals surface area contributed by atoms with E-state index in [4.69, 9.17) is 17.3 Å². The van der Waals surface area contributed by atoms with Gasteiger partial charge in [0.2, 0.25) is 5.66 Å². The molecule has 0 radical (unpaired) electrons. The third kappa shape index (κ3) is 3.78. The summed E-state index contributed by atoms with van der Waals surface area (Å²) in [7, 11) is 0. The molecule has 7 heteroatoms. The van der Waals surface area contributed by atoms with E-state index in [9.17, 15) is 0 Å². The minimum absolute atomic E-state index is 0.640. The average Bonchev–Trinajstić information content (AvgIpc) is 3.49. The van der Waals surface area contributed by atoms with Gasteiger partial charge in [0, 0.05) is 21.3 Å². The second kappa shape index (κ2) is 10.0. The van der Waals surface area contributed by atoms with Gasteiger partial charge < -0.3 is 0 Å². The first kappa shape index (κ1) is 24.7. The number of hydrazone groups is 1. The number of para-hydroxylation sites is 2. The normalized spacial score (nSPS) is 18.7. The van der Waals surface area contributed by atoms with Gasteiger partial charge in [-0.2, -0.15) is 10.2 Å². The van der Waals surface area contributed by atoms with Crippen molar-refractivity contribution in [3.05, 3.63) is 161 Å². The average molecular weight is 603 g/mol. The molecule has 0 amide bonds. The number of hydrazine groups is 2. The first-order chi connectivity index (χ1) is 19.7. The number of halogens is 1. The number of thiocarbonyl (C=S) groups is 1. The molecule has 1 atom stereocenters. The summed E-state index contributed by atoms with van der Waals surface area (Å²) in [6, 6.07) is 49.6. The van der Waals surface area contributed by atoms with Gasteiger partial charge in [0.1, 0.15) is 5.71 Å². The minimum atomic E-state index is -0.931. The van der Waals surface area contributed by atoms with Crippen molar-refractivity contribution in [2.75, 3.05) is 15.0 Å². The van der Waals surface area contributed by atoms with Crippen molar-refractivity contribution in [2.24, 2.45) is 5.10 Å². The molecule has 5 aromatic carbocycles. The molecule has 0 aliphatic carbocycles. The number of anilines is 3. The lowest BCUT2D eigenvalue weighted by molar-refractivity contribution is 0.195. The maximum absolute atomic E-state index is 6.41. The Morgan fingerprint density at radius 3 is 1.70 bits per heavy atom. The SMILES string of the molecule is S=C1N(c2ccccc2)N2N(c3ccccc3)N=C(c3ccccc3)C2(c2ccccc2)N1c1ccc(Br)cc1. The van der Waals surface area contributed by atoms with Crippen LogP contribution in [0.2, 0.25) is 0 Å². The number of fused-ring (bicyclic) bond motifs is 1. The van der Waals surface area contributed by atoms with Crippen LogP contribution in [0.15, 0.2) is 155 Å². The van der Waals surface area contributed by atoms with Gasteiger partial charge in [0.25, 0.3) is 0 Å². The van der Waals surface area contributed by atoms with Crippen LogP contribution in [0.4, 0.5) is 17.1 Å². The Hall–Kier alpha value is -4.30. The highest BCUT2D eigenvalue weighted by molar-refractivity contribution is 9.10. The quantitative estimate of drug-likeness (QED) is 0.190. The maximum Gasteiger partial charge on any atom is 0.211 e. The fraction of sp³-hybridized carbons (Fsp3) is 0.0303. The highest BCUT2D eigenvalue weighted by Gasteiger charge is 2.65. The molecule has 0 spiro atoms. The van der Waals surface area contributed by atoms with Crippen LogP contribution >= 0.6 is 28.1 Å². The molecule has 5 nitrogen and oxygen atoms in total. The summed E-state index contributed by atoms with van der Waals surface area (Å²) < 4.78 is 1.00. The van der Waals surface area contributed by atoms with E-state index in [1.807, 2.05) is 53.6 Å². The molecule has 1 unspecified atom stereocenters. The van der Waals surface area contributed by atoms with Crippen molar-refractivity contribution in [3.63, 3.8) is 0 Å². The Morgan fingerprint density at radius 1 is 0.575 bits per heavy atom. The highest BCUT2D eigenvalue weighted by Crippen LogP contribution is 2.52. The maximum atomic E-state index is 6.41. The lowest BCUT2D eigenvalue weighted by Gasteiger charge is -2.41. The summed E-state index contributed by atoms with van der Waals surface area (Å²) in [5.41, 5.74) is 4.81. The van der Waals surface area contributed by atoms with Crippen LogP contribution in [0, 0.1) is 0 Å². The molecule has 2 aliphatic heterocycles. The van der Waals surface area contributed by atoms with E-state index >= 15 is 0 Å². The highest BCUT2D eigenvalue weighted by atomic mass is 79.9. The Morgan fingerprint density at radius 2 is 1.10 bits per heavy atom. The van der Waals surface area contributed by atoms with Gasteiger partial charge in [-0.3, -0.25) is 4.90 Å². The third-order valence-electron chi connectivity index (χ3n) is 7.18. The number of nitrogens with zero attached hydrogens (tertiary/aromatic N) is 5.